The Morgan fingerprint density at radius 1 is 1.12 bits per heavy atom. The Labute approximate surface area is 187 Å². The summed E-state index contributed by atoms with van der Waals surface area (Å²) in [5, 5.41) is 2.93. The number of benzene rings is 1. The number of rotatable bonds is 7. The van der Waals surface area contributed by atoms with Gasteiger partial charge in [0.05, 0.1) is 36.1 Å². The number of nitrogens with zero attached hydrogens (tertiary/aromatic N) is 1. The van der Waals surface area contributed by atoms with Crippen LogP contribution < -0.4 is 5.32 Å². The number of furan rings is 1. The molecule has 32 heavy (non-hydrogen) atoms. The zero-order chi connectivity index (χ0) is 22.7. The summed E-state index contributed by atoms with van der Waals surface area (Å²) in [5.74, 6) is -1.38. The average molecular weight is 450 g/mol. The van der Waals surface area contributed by atoms with E-state index in [1.165, 1.54) is 24.5 Å². The number of nitrogens with one attached hydrogen (secondary N) is 1. The molecule has 0 radical (unpaired) electrons. The van der Waals surface area contributed by atoms with E-state index in [9.17, 15) is 19.2 Å². The molecule has 1 aromatic carbocycles. The Hall–Kier alpha value is -3.98. The van der Waals surface area contributed by atoms with Crippen molar-refractivity contribution in [3.05, 3.63) is 82.1 Å². The van der Waals surface area contributed by atoms with Crippen LogP contribution in [-0.2, 0) is 16.1 Å². The highest BCUT2D eigenvalue weighted by molar-refractivity contribution is 7.16. The normalized spacial score (nSPS) is 13.0. The molecule has 0 unspecified atom stereocenters. The lowest BCUT2D eigenvalue weighted by atomic mass is 10.1. The molecule has 8 nitrogen and oxygen atoms in total. The predicted molar refractivity (Wildman–Crippen MR) is 117 cm³/mol. The third kappa shape index (κ3) is 4.23. The van der Waals surface area contributed by atoms with Crippen LogP contribution in [0.2, 0.25) is 0 Å². The van der Waals surface area contributed by atoms with Gasteiger partial charge in [0.15, 0.2) is 0 Å². The van der Waals surface area contributed by atoms with E-state index < -0.39 is 23.7 Å². The molecule has 3 aromatic rings. The SMILES string of the molecule is CCOC(=O)c1cc(CN2C(=O)c3ccccc3C2=O)sc1NC(=O)/C=C/c1ccco1. The fourth-order valence-corrected chi connectivity index (χ4v) is 4.25. The van der Waals surface area contributed by atoms with Gasteiger partial charge in [-0.15, -0.1) is 11.3 Å². The van der Waals surface area contributed by atoms with Crippen LogP contribution in [0.25, 0.3) is 6.08 Å². The van der Waals surface area contributed by atoms with Gasteiger partial charge in [-0.1, -0.05) is 12.1 Å². The number of thiophene rings is 1. The van der Waals surface area contributed by atoms with Gasteiger partial charge >= 0.3 is 5.97 Å². The third-order valence-electron chi connectivity index (χ3n) is 4.65. The summed E-state index contributed by atoms with van der Waals surface area (Å²) in [6.07, 6.45) is 4.26. The molecule has 2 aromatic heterocycles. The van der Waals surface area contributed by atoms with Crippen molar-refractivity contribution < 1.29 is 28.3 Å². The zero-order valence-electron chi connectivity index (χ0n) is 17.0. The number of hydrogen-bond donors (Lipinski definition) is 1. The summed E-state index contributed by atoms with van der Waals surface area (Å²) in [6, 6.07) is 11.5. The molecule has 0 aliphatic carbocycles. The van der Waals surface area contributed by atoms with Gasteiger partial charge in [0, 0.05) is 11.0 Å². The van der Waals surface area contributed by atoms with E-state index in [2.05, 4.69) is 5.32 Å². The van der Waals surface area contributed by atoms with Crippen LogP contribution in [0.1, 0.15) is 48.6 Å². The fraction of sp³-hybridized carbons (Fsp3) is 0.130. The van der Waals surface area contributed by atoms with E-state index in [4.69, 9.17) is 9.15 Å². The van der Waals surface area contributed by atoms with Crippen LogP contribution in [0.3, 0.4) is 0 Å². The minimum atomic E-state index is -0.609. The topological polar surface area (TPSA) is 106 Å². The second kappa shape index (κ2) is 9.03. The van der Waals surface area contributed by atoms with Crippen molar-refractivity contribution in [3.8, 4) is 0 Å². The van der Waals surface area contributed by atoms with Crippen molar-refractivity contribution in [2.45, 2.75) is 13.5 Å². The van der Waals surface area contributed by atoms with E-state index in [1.54, 1.807) is 43.3 Å². The second-order valence-electron chi connectivity index (χ2n) is 6.76. The molecule has 0 bridgehead atoms. The number of imide groups is 1. The molecule has 0 saturated carbocycles. The van der Waals surface area contributed by atoms with Gasteiger partial charge in [-0.2, -0.15) is 0 Å². The van der Waals surface area contributed by atoms with Gasteiger partial charge in [-0.05, 0) is 43.3 Å². The number of fused-ring (bicyclic) bond motifs is 1. The molecule has 4 rings (SSSR count). The quantitative estimate of drug-likeness (QED) is 0.332. The summed E-state index contributed by atoms with van der Waals surface area (Å²) in [5.41, 5.74) is 0.843. The Morgan fingerprint density at radius 3 is 2.47 bits per heavy atom. The van der Waals surface area contributed by atoms with Crippen LogP contribution in [0, 0.1) is 0 Å². The van der Waals surface area contributed by atoms with E-state index in [0.717, 1.165) is 16.2 Å². The summed E-state index contributed by atoms with van der Waals surface area (Å²) >= 11 is 1.10. The van der Waals surface area contributed by atoms with Crippen molar-refractivity contribution in [2.24, 2.45) is 0 Å². The molecule has 1 aliphatic heterocycles. The van der Waals surface area contributed by atoms with E-state index >= 15 is 0 Å². The van der Waals surface area contributed by atoms with Gasteiger partial charge in [-0.25, -0.2) is 4.79 Å². The maximum absolute atomic E-state index is 12.6. The number of anilines is 1. The molecule has 1 N–H and O–H groups in total. The first-order valence-electron chi connectivity index (χ1n) is 9.75. The van der Waals surface area contributed by atoms with Crippen LogP contribution in [0.5, 0.6) is 0 Å². The Bertz CT molecular complexity index is 1190. The molecule has 3 heterocycles. The maximum Gasteiger partial charge on any atom is 0.341 e. The highest BCUT2D eigenvalue weighted by Gasteiger charge is 2.35. The van der Waals surface area contributed by atoms with Crippen molar-refractivity contribution >= 4 is 46.1 Å². The first-order valence-corrected chi connectivity index (χ1v) is 10.6. The van der Waals surface area contributed by atoms with Crippen molar-refractivity contribution in [1.82, 2.24) is 4.90 Å². The fourth-order valence-electron chi connectivity index (χ4n) is 3.21. The summed E-state index contributed by atoms with van der Waals surface area (Å²) < 4.78 is 10.2. The highest BCUT2D eigenvalue weighted by Crippen LogP contribution is 2.32. The second-order valence-corrected chi connectivity index (χ2v) is 7.89. The molecule has 1 aliphatic rings. The lowest BCUT2D eigenvalue weighted by Gasteiger charge is -2.12. The van der Waals surface area contributed by atoms with Crippen LogP contribution in [0.15, 0.2) is 59.2 Å². The van der Waals surface area contributed by atoms with Gasteiger partial charge in [0.25, 0.3) is 11.8 Å². The largest absolute Gasteiger partial charge is 0.465 e. The molecular formula is C23H18N2O6S. The number of carbonyl (C=O) groups is 4. The maximum atomic E-state index is 12.6. The van der Waals surface area contributed by atoms with E-state index in [1.807, 2.05) is 0 Å². The third-order valence-corrected chi connectivity index (χ3v) is 5.68. The van der Waals surface area contributed by atoms with Gasteiger partial charge in [0.2, 0.25) is 5.91 Å². The van der Waals surface area contributed by atoms with Crippen LogP contribution >= 0.6 is 11.3 Å². The van der Waals surface area contributed by atoms with Gasteiger partial charge in [0.1, 0.15) is 10.8 Å². The van der Waals surface area contributed by atoms with E-state index in [-0.39, 0.29) is 23.7 Å². The zero-order valence-corrected chi connectivity index (χ0v) is 17.8. The Kier molecular flexibility index (Phi) is 6.00. The van der Waals surface area contributed by atoms with Gasteiger partial charge in [-0.3, -0.25) is 19.3 Å². The van der Waals surface area contributed by atoms with Crippen LogP contribution in [0.4, 0.5) is 5.00 Å². The molecule has 3 amide bonds. The van der Waals surface area contributed by atoms with Crippen LogP contribution in [-0.4, -0.2) is 35.2 Å². The standard InChI is InChI=1S/C23H18N2O6S/c1-2-30-23(29)18-12-15(13-25-21(27)16-7-3-4-8-17(16)22(25)28)32-20(18)24-19(26)10-9-14-6-5-11-31-14/h3-12H,2,13H2,1H3,(H,24,26)/b10-9+. The molecular weight excluding hydrogens is 432 g/mol. The van der Waals surface area contributed by atoms with Crippen molar-refractivity contribution in [2.75, 3.05) is 11.9 Å². The Balaban J connectivity index is 1.56. The lowest BCUT2D eigenvalue weighted by Crippen LogP contribution is -2.28. The summed E-state index contributed by atoms with van der Waals surface area (Å²) in [7, 11) is 0. The number of hydrogen-bond acceptors (Lipinski definition) is 7. The molecule has 0 atom stereocenters. The molecule has 9 heteroatoms. The molecule has 0 saturated heterocycles. The van der Waals surface area contributed by atoms with E-state index in [0.29, 0.717) is 21.8 Å². The molecule has 162 valence electrons. The average Bonchev–Trinajstić information content (AvgIpc) is 3.49. The molecule has 0 spiro atoms. The van der Waals surface area contributed by atoms with Gasteiger partial charge < -0.3 is 14.5 Å². The molecule has 0 fully saturated rings. The number of ether oxygens (including phenoxy) is 1. The predicted octanol–water partition coefficient (Wildman–Crippen LogP) is 3.97. The number of carbonyl (C=O) groups excluding carboxylic acids is 4. The first kappa shape index (κ1) is 21.3. The number of amides is 3. The smallest absolute Gasteiger partial charge is 0.341 e. The monoisotopic (exact) mass is 450 g/mol. The summed E-state index contributed by atoms with van der Waals surface area (Å²) in [4.78, 5) is 51.7. The lowest BCUT2D eigenvalue weighted by molar-refractivity contribution is -0.111. The van der Waals surface area contributed by atoms with Crippen molar-refractivity contribution in [1.29, 1.82) is 0 Å². The van der Waals surface area contributed by atoms with Crippen molar-refractivity contribution in [3.63, 3.8) is 0 Å². The highest BCUT2D eigenvalue weighted by atomic mass is 32.1. The minimum absolute atomic E-state index is 0.0263. The summed E-state index contributed by atoms with van der Waals surface area (Å²) in [6.45, 7) is 1.81. The first-order chi connectivity index (χ1) is 15.5. The number of esters is 1. The minimum Gasteiger partial charge on any atom is -0.465 e. The Morgan fingerprint density at radius 2 is 1.84 bits per heavy atom.